The summed E-state index contributed by atoms with van der Waals surface area (Å²) in [6, 6.07) is 11.0. The molecule has 0 aliphatic heterocycles. The summed E-state index contributed by atoms with van der Waals surface area (Å²) in [6.45, 7) is 0.493. The molecule has 0 spiro atoms. The standard InChI is InChI=1S/C15H15FN2O2/c1-18-9-11-3-2-4-13(16)14(11)20-12-7-5-10(6-8-12)15(17)19/h2-8,18H,9H2,1H3,(H2,17,19). The highest BCUT2D eigenvalue weighted by Crippen LogP contribution is 2.28. The highest BCUT2D eigenvalue weighted by molar-refractivity contribution is 5.92. The van der Waals surface area contributed by atoms with Crippen molar-refractivity contribution in [2.45, 2.75) is 6.54 Å². The molecule has 0 atom stereocenters. The maximum Gasteiger partial charge on any atom is 0.248 e. The summed E-state index contributed by atoms with van der Waals surface area (Å²) < 4.78 is 19.4. The van der Waals surface area contributed by atoms with Gasteiger partial charge in [0, 0.05) is 17.7 Å². The number of primary amides is 1. The normalized spacial score (nSPS) is 10.3. The molecule has 0 heterocycles. The lowest BCUT2D eigenvalue weighted by atomic mass is 10.2. The number of hydrogen-bond acceptors (Lipinski definition) is 3. The molecule has 0 radical (unpaired) electrons. The van der Waals surface area contributed by atoms with Crippen LogP contribution in [0, 0.1) is 5.82 Å². The van der Waals surface area contributed by atoms with Crippen molar-refractivity contribution in [3.63, 3.8) is 0 Å². The summed E-state index contributed by atoms with van der Waals surface area (Å²) in [7, 11) is 1.77. The quantitative estimate of drug-likeness (QED) is 0.880. The van der Waals surface area contributed by atoms with Crippen molar-refractivity contribution >= 4 is 5.91 Å². The fourth-order valence-electron chi connectivity index (χ4n) is 1.80. The van der Waals surface area contributed by atoms with Gasteiger partial charge in [-0.05, 0) is 37.4 Å². The molecule has 0 aliphatic carbocycles. The van der Waals surface area contributed by atoms with E-state index < -0.39 is 11.7 Å². The van der Waals surface area contributed by atoms with Gasteiger partial charge >= 0.3 is 0 Å². The zero-order chi connectivity index (χ0) is 14.5. The van der Waals surface area contributed by atoms with Gasteiger partial charge in [0.1, 0.15) is 5.75 Å². The largest absolute Gasteiger partial charge is 0.454 e. The number of rotatable bonds is 5. The lowest BCUT2D eigenvalue weighted by Crippen LogP contribution is -2.10. The zero-order valence-corrected chi connectivity index (χ0v) is 11.0. The Hall–Kier alpha value is -2.40. The summed E-state index contributed by atoms with van der Waals surface area (Å²) in [5, 5.41) is 2.95. The van der Waals surface area contributed by atoms with Crippen molar-refractivity contribution in [3.8, 4) is 11.5 Å². The van der Waals surface area contributed by atoms with Crippen molar-refractivity contribution in [2.75, 3.05) is 7.05 Å². The van der Waals surface area contributed by atoms with E-state index in [1.807, 2.05) is 0 Å². The molecule has 2 aromatic rings. The predicted octanol–water partition coefficient (Wildman–Crippen LogP) is 2.44. The minimum atomic E-state index is -0.515. The van der Waals surface area contributed by atoms with Crippen LogP contribution in [0.15, 0.2) is 42.5 Å². The monoisotopic (exact) mass is 274 g/mol. The molecule has 0 fully saturated rings. The molecule has 2 aromatic carbocycles. The van der Waals surface area contributed by atoms with Crippen LogP contribution in [0.2, 0.25) is 0 Å². The zero-order valence-electron chi connectivity index (χ0n) is 11.0. The Morgan fingerprint density at radius 1 is 1.25 bits per heavy atom. The van der Waals surface area contributed by atoms with E-state index in [2.05, 4.69) is 5.32 Å². The van der Waals surface area contributed by atoms with Crippen molar-refractivity contribution in [1.29, 1.82) is 0 Å². The highest BCUT2D eigenvalue weighted by atomic mass is 19.1. The number of ether oxygens (including phenoxy) is 1. The maximum atomic E-state index is 13.8. The van der Waals surface area contributed by atoms with Crippen LogP contribution in [-0.4, -0.2) is 13.0 Å². The second-order valence-electron chi connectivity index (χ2n) is 4.25. The average Bonchev–Trinajstić information content (AvgIpc) is 2.43. The van der Waals surface area contributed by atoms with Crippen LogP contribution in [0.4, 0.5) is 4.39 Å². The first kappa shape index (κ1) is 14.0. The second-order valence-corrected chi connectivity index (χ2v) is 4.25. The Morgan fingerprint density at radius 2 is 1.95 bits per heavy atom. The first-order valence-corrected chi connectivity index (χ1v) is 6.11. The van der Waals surface area contributed by atoms with Crippen molar-refractivity contribution < 1.29 is 13.9 Å². The molecule has 104 valence electrons. The molecule has 1 amide bonds. The SMILES string of the molecule is CNCc1cccc(F)c1Oc1ccc(C(N)=O)cc1. The predicted molar refractivity (Wildman–Crippen MR) is 74.2 cm³/mol. The molecular weight excluding hydrogens is 259 g/mol. The summed E-state index contributed by atoms with van der Waals surface area (Å²) in [4.78, 5) is 11.0. The van der Waals surface area contributed by atoms with Crippen LogP contribution in [0.25, 0.3) is 0 Å². The first-order valence-electron chi connectivity index (χ1n) is 6.11. The van der Waals surface area contributed by atoms with Gasteiger partial charge < -0.3 is 15.8 Å². The molecular formula is C15H15FN2O2. The van der Waals surface area contributed by atoms with Gasteiger partial charge in [-0.1, -0.05) is 12.1 Å². The second kappa shape index (κ2) is 6.16. The fraction of sp³-hybridized carbons (Fsp3) is 0.133. The molecule has 20 heavy (non-hydrogen) atoms. The summed E-state index contributed by atoms with van der Waals surface area (Å²) in [6.07, 6.45) is 0. The van der Waals surface area contributed by atoms with Gasteiger partial charge in [0.2, 0.25) is 5.91 Å². The number of carbonyl (C=O) groups is 1. The Balaban J connectivity index is 2.27. The van der Waals surface area contributed by atoms with Crippen LogP contribution in [-0.2, 0) is 6.54 Å². The lowest BCUT2D eigenvalue weighted by Gasteiger charge is -2.12. The highest BCUT2D eigenvalue weighted by Gasteiger charge is 2.10. The van der Waals surface area contributed by atoms with Gasteiger partial charge in [-0.25, -0.2) is 4.39 Å². The van der Waals surface area contributed by atoms with Crippen LogP contribution >= 0.6 is 0 Å². The smallest absolute Gasteiger partial charge is 0.248 e. The lowest BCUT2D eigenvalue weighted by molar-refractivity contribution is 0.100. The third-order valence-electron chi connectivity index (χ3n) is 2.77. The number of nitrogens with two attached hydrogens (primary N) is 1. The number of nitrogens with one attached hydrogen (secondary N) is 1. The number of hydrogen-bond donors (Lipinski definition) is 2. The molecule has 3 N–H and O–H groups in total. The maximum absolute atomic E-state index is 13.8. The van der Waals surface area contributed by atoms with E-state index in [1.54, 1.807) is 31.3 Å². The third kappa shape index (κ3) is 3.13. The van der Waals surface area contributed by atoms with E-state index in [4.69, 9.17) is 10.5 Å². The van der Waals surface area contributed by atoms with Crippen molar-refractivity contribution in [2.24, 2.45) is 5.73 Å². The van der Waals surface area contributed by atoms with Crippen LogP contribution in [0.3, 0.4) is 0 Å². The van der Waals surface area contributed by atoms with Gasteiger partial charge in [0.05, 0.1) is 0 Å². The summed E-state index contributed by atoms with van der Waals surface area (Å²) in [5.41, 5.74) is 6.25. The third-order valence-corrected chi connectivity index (χ3v) is 2.77. The molecule has 5 heteroatoms. The first-order chi connectivity index (χ1) is 9.61. The molecule has 0 saturated heterocycles. The Bertz CT molecular complexity index is 612. The van der Waals surface area contributed by atoms with Crippen LogP contribution in [0.5, 0.6) is 11.5 Å². The van der Waals surface area contributed by atoms with Gasteiger partial charge in [0.25, 0.3) is 0 Å². The van der Waals surface area contributed by atoms with E-state index in [-0.39, 0.29) is 5.75 Å². The van der Waals surface area contributed by atoms with E-state index in [0.717, 1.165) is 0 Å². The van der Waals surface area contributed by atoms with Crippen molar-refractivity contribution in [1.82, 2.24) is 5.32 Å². The van der Waals surface area contributed by atoms with Gasteiger partial charge in [0.15, 0.2) is 11.6 Å². The topological polar surface area (TPSA) is 64.3 Å². The Kier molecular flexibility index (Phi) is 4.32. The van der Waals surface area contributed by atoms with Crippen LogP contribution in [0.1, 0.15) is 15.9 Å². The minimum absolute atomic E-state index is 0.175. The van der Waals surface area contributed by atoms with Gasteiger partial charge in [-0.3, -0.25) is 4.79 Å². The fourth-order valence-corrected chi connectivity index (χ4v) is 1.80. The molecule has 0 unspecified atom stereocenters. The Morgan fingerprint density at radius 3 is 2.55 bits per heavy atom. The van der Waals surface area contributed by atoms with Gasteiger partial charge in [-0.15, -0.1) is 0 Å². The van der Waals surface area contributed by atoms with E-state index >= 15 is 0 Å². The average molecular weight is 274 g/mol. The molecule has 4 nitrogen and oxygen atoms in total. The number of benzene rings is 2. The number of halogens is 1. The number of carbonyl (C=O) groups excluding carboxylic acids is 1. The Labute approximate surface area is 116 Å². The molecule has 0 aromatic heterocycles. The summed E-state index contributed by atoms with van der Waals surface area (Å²) in [5.74, 6) is -0.332. The van der Waals surface area contributed by atoms with E-state index in [1.165, 1.54) is 18.2 Å². The number of amides is 1. The summed E-state index contributed by atoms with van der Waals surface area (Å²) >= 11 is 0. The molecule has 0 aliphatic rings. The molecule has 2 rings (SSSR count). The molecule has 0 bridgehead atoms. The van der Waals surface area contributed by atoms with Gasteiger partial charge in [-0.2, -0.15) is 0 Å². The van der Waals surface area contributed by atoms with Crippen molar-refractivity contribution in [3.05, 3.63) is 59.4 Å². The minimum Gasteiger partial charge on any atom is -0.454 e. The van der Waals surface area contributed by atoms with Crippen LogP contribution < -0.4 is 15.8 Å². The molecule has 0 saturated carbocycles. The van der Waals surface area contributed by atoms with E-state index in [9.17, 15) is 9.18 Å². The number of para-hydroxylation sites is 1. The van der Waals surface area contributed by atoms with E-state index in [0.29, 0.717) is 23.4 Å².